The van der Waals surface area contributed by atoms with Crippen LogP contribution in [-0.2, 0) is 27.9 Å². The molecule has 13 heteroatoms. The minimum Gasteiger partial charge on any atom is -0.497 e. The first-order chi connectivity index (χ1) is 20.5. The molecule has 1 heterocycles. The molecule has 13 nitrogen and oxygen atoms in total. The van der Waals surface area contributed by atoms with E-state index in [-0.39, 0.29) is 17.8 Å². The number of carbonyl (C=O) groups excluding carboxylic acids is 2. The van der Waals surface area contributed by atoms with Gasteiger partial charge in [-0.3, -0.25) is 19.8 Å². The zero-order valence-electron chi connectivity index (χ0n) is 23.3. The van der Waals surface area contributed by atoms with Gasteiger partial charge in [0.25, 0.3) is 5.91 Å². The minimum absolute atomic E-state index is 0.0576. The van der Waals surface area contributed by atoms with Crippen molar-refractivity contribution in [2.24, 2.45) is 12.8 Å². The molecule has 0 saturated carbocycles. The summed E-state index contributed by atoms with van der Waals surface area (Å²) in [6.45, 7) is 0. The number of aryl methyl sites for hydroxylation is 1. The average molecular weight is 587 g/mol. The van der Waals surface area contributed by atoms with Crippen LogP contribution in [0, 0.1) is 5.41 Å². The molecule has 1 aromatic heterocycles. The lowest BCUT2D eigenvalue weighted by Crippen LogP contribution is -2.52. The van der Waals surface area contributed by atoms with Gasteiger partial charge in [-0.1, -0.05) is 36.4 Å². The van der Waals surface area contributed by atoms with Crippen molar-refractivity contribution >= 4 is 40.6 Å². The minimum atomic E-state index is -1.54. The number of carboxylic acid groups (broad SMARTS) is 2. The Morgan fingerprint density at radius 3 is 2.19 bits per heavy atom. The number of imidazole rings is 1. The predicted octanol–water partition coefficient (Wildman–Crippen LogP) is 1.92. The van der Waals surface area contributed by atoms with Crippen molar-refractivity contribution in [3.05, 3.63) is 83.4 Å². The molecule has 0 radical (unpaired) electrons. The Morgan fingerprint density at radius 1 is 0.953 bits per heavy atom. The van der Waals surface area contributed by atoms with E-state index in [1.165, 1.54) is 19.2 Å². The average Bonchev–Trinajstić information content (AvgIpc) is 3.31. The summed E-state index contributed by atoms with van der Waals surface area (Å²) in [7, 11) is 3.30. The summed E-state index contributed by atoms with van der Waals surface area (Å²) in [5, 5.41) is 31.4. The Hall–Kier alpha value is -5.72. The van der Waals surface area contributed by atoms with Crippen molar-refractivity contribution in [2.75, 3.05) is 7.11 Å². The van der Waals surface area contributed by atoms with Crippen LogP contribution >= 0.6 is 0 Å². The van der Waals surface area contributed by atoms with E-state index in [1.807, 2.05) is 4.57 Å². The maximum absolute atomic E-state index is 13.1. The Morgan fingerprint density at radius 2 is 1.60 bits per heavy atom. The van der Waals surface area contributed by atoms with Crippen molar-refractivity contribution in [3.8, 4) is 17.1 Å². The van der Waals surface area contributed by atoms with Crippen LogP contribution in [0.1, 0.15) is 27.9 Å². The molecule has 2 amide bonds. The molecule has 3 aromatic carbocycles. The number of carbonyl (C=O) groups is 4. The molecule has 0 aliphatic heterocycles. The standard InChI is InChI=1S/C30H30N6O7/c1-36-24-12-9-19(14-21(24)33-27(36)18-7-5-17(6-8-18)26(31)32)28(39)34-22(15-25(37)38)29(40)35-23(30(41)42)13-16-3-10-20(43-2)11-4-16/h3-12,14,22-23H,13,15H2,1-2H3,(H3,31,32)(H,34,39)(H,35,40)(H,37,38)(H,41,42). The maximum Gasteiger partial charge on any atom is 0.326 e. The second kappa shape index (κ2) is 12.9. The predicted molar refractivity (Wildman–Crippen MR) is 157 cm³/mol. The number of benzene rings is 3. The van der Waals surface area contributed by atoms with E-state index in [0.717, 1.165) is 5.56 Å². The zero-order valence-corrected chi connectivity index (χ0v) is 23.3. The van der Waals surface area contributed by atoms with Crippen LogP contribution in [0.5, 0.6) is 5.75 Å². The molecule has 0 bridgehead atoms. The summed E-state index contributed by atoms with van der Waals surface area (Å²) < 4.78 is 6.92. The maximum atomic E-state index is 13.1. The summed E-state index contributed by atoms with van der Waals surface area (Å²) in [4.78, 5) is 54.2. The molecule has 0 aliphatic rings. The van der Waals surface area contributed by atoms with Crippen molar-refractivity contribution in [1.82, 2.24) is 20.2 Å². The fraction of sp³-hybridized carbons (Fsp3) is 0.200. The van der Waals surface area contributed by atoms with Gasteiger partial charge in [0.05, 0.1) is 24.6 Å². The second-order valence-electron chi connectivity index (χ2n) is 9.76. The Bertz CT molecular complexity index is 1700. The lowest BCUT2D eigenvalue weighted by molar-refractivity contribution is -0.142. The van der Waals surface area contributed by atoms with Gasteiger partial charge >= 0.3 is 11.9 Å². The van der Waals surface area contributed by atoms with Gasteiger partial charge in [0.1, 0.15) is 29.5 Å². The highest BCUT2D eigenvalue weighted by Crippen LogP contribution is 2.25. The molecule has 43 heavy (non-hydrogen) atoms. The zero-order chi connectivity index (χ0) is 31.3. The van der Waals surface area contributed by atoms with Gasteiger partial charge in [0.15, 0.2) is 0 Å². The number of hydrogen-bond acceptors (Lipinski definition) is 7. The van der Waals surface area contributed by atoms with Gasteiger partial charge in [-0.25, -0.2) is 9.78 Å². The van der Waals surface area contributed by atoms with E-state index < -0.39 is 42.3 Å². The quantitative estimate of drug-likeness (QED) is 0.106. The van der Waals surface area contributed by atoms with Gasteiger partial charge in [-0.15, -0.1) is 0 Å². The molecule has 0 saturated heterocycles. The number of carboxylic acids is 2. The first-order valence-corrected chi connectivity index (χ1v) is 13.1. The largest absolute Gasteiger partial charge is 0.497 e. The van der Waals surface area contributed by atoms with Crippen molar-refractivity contribution in [1.29, 1.82) is 5.41 Å². The van der Waals surface area contributed by atoms with E-state index >= 15 is 0 Å². The van der Waals surface area contributed by atoms with E-state index in [2.05, 4.69) is 15.6 Å². The number of amides is 2. The smallest absolute Gasteiger partial charge is 0.326 e. The van der Waals surface area contributed by atoms with E-state index in [4.69, 9.17) is 15.9 Å². The number of methoxy groups -OCH3 is 1. The van der Waals surface area contributed by atoms with Crippen LogP contribution in [0.25, 0.3) is 22.4 Å². The second-order valence-corrected chi connectivity index (χ2v) is 9.76. The van der Waals surface area contributed by atoms with Crippen LogP contribution < -0.4 is 21.1 Å². The topological polar surface area (TPSA) is 210 Å². The number of rotatable bonds is 12. The number of nitrogens with two attached hydrogens (primary N) is 1. The fourth-order valence-electron chi connectivity index (χ4n) is 4.49. The van der Waals surface area contributed by atoms with Crippen LogP contribution in [0.2, 0.25) is 0 Å². The van der Waals surface area contributed by atoms with E-state index in [0.29, 0.717) is 33.7 Å². The first-order valence-electron chi connectivity index (χ1n) is 13.1. The first kappa shape index (κ1) is 30.2. The summed E-state index contributed by atoms with van der Waals surface area (Å²) in [5.74, 6) is -3.25. The highest BCUT2D eigenvalue weighted by atomic mass is 16.5. The monoisotopic (exact) mass is 586 g/mol. The number of amidine groups is 1. The molecule has 7 N–H and O–H groups in total. The van der Waals surface area contributed by atoms with Crippen molar-refractivity contribution < 1.29 is 34.1 Å². The molecule has 0 fully saturated rings. The number of nitrogens with one attached hydrogen (secondary N) is 3. The molecular formula is C30H30N6O7. The van der Waals surface area contributed by atoms with Crippen molar-refractivity contribution in [3.63, 3.8) is 0 Å². The highest BCUT2D eigenvalue weighted by molar-refractivity contribution is 6.01. The van der Waals surface area contributed by atoms with Crippen LogP contribution in [0.4, 0.5) is 0 Å². The number of fused-ring (bicyclic) bond motifs is 1. The number of nitrogen functional groups attached to an aromatic ring is 1. The highest BCUT2D eigenvalue weighted by Gasteiger charge is 2.29. The Kier molecular flexibility index (Phi) is 9.04. The third-order valence-electron chi connectivity index (χ3n) is 6.81. The fourth-order valence-corrected chi connectivity index (χ4v) is 4.49. The number of hydrogen-bond donors (Lipinski definition) is 6. The molecule has 4 aromatic rings. The van der Waals surface area contributed by atoms with Gasteiger partial charge in [0, 0.05) is 30.2 Å². The number of aromatic nitrogens is 2. The van der Waals surface area contributed by atoms with Crippen LogP contribution in [0.3, 0.4) is 0 Å². The third kappa shape index (κ3) is 7.14. The normalized spacial score (nSPS) is 12.2. The number of ether oxygens (including phenoxy) is 1. The molecular weight excluding hydrogens is 556 g/mol. The number of aliphatic carboxylic acids is 2. The summed E-state index contributed by atoms with van der Waals surface area (Å²) in [6, 6.07) is 15.3. The number of nitrogens with zero attached hydrogens (tertiary/aromatic N) is 2. The lowest BCUT2D eigenvalue weighted by atomic mass is 10.0. The van der Waals surface area contributed by atoms with Crippen molar-refractivity contribution in [2.45, 2.75) is 24.9 Å². The van der Waals surface area contributed by atoms with E-state index in [9.17, 15) is 29.4 Å². The van der Waals surface area contributed by atoms with E-state index in [1.54, 1.807) is 61.6 Å². The summed E-state index contributed by atoms with van der Waals surface area (Å²) in [5.41, 5.74) is 8.78. The molecule has 2 atom stereocenters. The molecule has 0 aliphatic carbocycles. The Balaban J connectivity index is 1.52. The lowest BCUT2D eigenvalue weighted by Gasteiger charge is -2.20. The third-order valence-corrected chi connectivity index (χ3v) is 6.81. The van der Waals surface area contributed by atoms with Gasteiger partial charge in [-0.05, 0) is 35.9 Å². The van der Waals surface area contributed by atoms with Crippen LogP contribution in [-0.4, -0.2) is 68.5 Å². The molecule has 2 unspecified atom stereocenters. The SMILES string of the molecule is COc1ccc(CC(NC(=O)C(CC(=O)O)NC(=O)c2ccc3c(c2)nc(-c2ccc(C(=N)N)cc2)n3C)C(=O)O)cc1. The van der Waals surface area contributed by atoms with Crippen LogP contribution in [0.15, 0.2) is 66.7 Å². The van der Waals surface area contributed by atoms with Gasteiger partial charge < -0.3 is 35.9 Å². The van der Waals surface area contributed by atoms with Gasteiger partial charge in [-0.2, -0.15) is 0 Å². The molecule has 222 valence electrons. The Labute approximate surface area is 245 Å². The molecule has 0 spiro atoms. The van der Waals surface area contributed by atoms with Gasteiger partial charge in [0.2, 0.25) is 5.91 Å². The molecule has 4 rings (SSSR count). The summed E-state index contributed by atoms with van der Waals surface area (Å²) >= 11 is 0. The summed E-state index contributed by atoms with van der Waals surface area (Å²) in [6.07, 6.45) is -0.840.